The van der Waals surface area contributed by atoms with Crippen molar-refractivity contribution in [3.8, 4) is 0 Å². The summed E-state index contributed by atoms with van der Waals surface area (Å²) in [4.78, 5) is 63.5. The van der Waals surface area contributed by atoms with E-state index in [9.17, 15) is 103 Å². The topological polar surface area (TPSA) is 612 Å². The molecule has 0 bridgehead atoms. The first-order valence-electron chi connectivity index (χ1n) is 38.2. The van der Waals surface area contributed by atoms with Crippen LogP contribution in [0.2, 0.25) is 0 Å². The van der Waals surface area contributed by atoms with Crippen molar-refractivity contribution in [3.05, 3.63) is 0 Å². The fourth-order valence-electron chi connectivity index (χ4n) is 11.1. The van der Waals surface area contributed by atoms with Crippen molar-refractivity contribution in [2.24, 2.45) is 23.2 Å². The van der Waals surface area contributed by atoms with Gasteiger partial charge in [0.2, 0.25) is 5.91 Å². The summed E-state index contributed by atoms with van der Waals surface area (Å²) in [6.45, 7) is -0.827. The molecule has 48 heteroatoms. The molecular formula is C65H130NO42P5. The number of ether oxygens (including phenoxy) is 11. The van der Waals surface area contributed by atoms with E-state index in [-0.39, 0.29) is 177 Å². The minimum atomic E-state index is -4.93. The first kappa shape index (κ1) is 106. The molecule has 3 fully saturated rings. The van der Waals surface area contributed by atoms with Crippen molar-refractivity contribution < 1.29 is 200 Å². The molecule has 12 unspecified atom stereocenters. The summed E-state index contributed by atoms with van der Waals surface area (Å²) in [6, 6.07) is -1.11. The maximum Gasteiger partial charge on any atom is 0.472 e. The van der Waals surface area contributed by atoms with Gasteiger partial charge in [-0.15, -0.1) is 0 Å². The number of unbranched alkanes of at least 4 members (excludes halogenated alkanes) is 9. The molecule has 3 aliphatic rings. The van der Waals surface area contributed by atoms with Crippen LogP contribution in [0.3, 0.4) is 0 Å². The summed E-state index contributed by atoms with van der Waals surface area (Å²) in [5.41, 5.74) is -1.51. The summed E-state index contributed by atoms with van der Waals surface area (Å²) in [5, 5.41) is 102. The predicted octanol–water partition coefficient (Wildman–Crippen LogP) is 1.74. The van der Waals surface area contributed by atoms with Gasteiger partial charge in [0.15, 0.2) is 18.9 Å². The van der Waals surface area contributed by atoms with E-state index in [0.717, 1.165) is 7.11 Å². The van der Waals surface area contributed by atoms with E-state index in [1.807, 2.05) is 0 Å². The average molecular weight is 1750 g/mol. The fourth-order valence-corrected chi connectivity index (χ4v) is 14.9. The molecular weight excluding hydrogens is 1620 g/mol. The lowest BCUT2D eigenvalue weighted by atomic mass is 9.92. The van der Waals surface area contributed by atoms with Crippen molar-refractivity contribution in [2.45, 2.75) is 210 Å². The van der Waals surface area contributed by atoms with Crippen LogP contribution in [0.4, 0.5) is 0 Å². The monoisotopic (exact) mass is 1750 g/mol. The van der Waals surface area contributed by atoms with Gasteiger partial charge in [-0.25, -0.2) is 22.8 Å². The Bertz CT molecular complexity index is 2630. The number of carbonyl (C=O) groups is 1. The van der Waals surface area contributed by atoms with Crippen molar-refractivity contribution in [1.82, 2.24) is 5.32 Å². The third-order valence-electron chi connectivity index (χ3n) is 17.7. The molecule has 3 heterocycles. The highest BCUT2D eigenvalue weighted by atomic mass is 31.2. The molecule has 0 aromatic carbocycles. The molecule has 16 N–H and O–H groups in total. The molecule has 0 spiro atoms. The lowest BCUT2D eigenvalue weighted by Gasteiger charge is -2.42. The van der Waals surface area contributed by atoms with Crippen LogP contribution in [-0.4, -0.2) is 340 Å². The van der Waals surface area contributed by atoms with E-state index in [1.54, 1.807) is 13.8 Å². The molecule has 0 radical (unpaired) electrons. The molecule has 3 saturated heterocycles. The van der Waals surface area contributed by atoms with Crippen LogP contribution in [0.1, 0.15) is 130 Å². The number of phosphoric acid groups is 5. The number of nitrogens with one attached hydrogen (secondary N) is 1. The second kappa shape index (κ2) is 59.1. The lowest BCUT2D eigenvalue weighted by molar-refractivity contribution is -0.282. The number of rotatable bonds is 71. The summed E-state index contributed by atoms with van der Waals surface area (Å²) in [6.07, 6.45) is -7.33. The van der Waals surface area contributed by atoms with E-state index in [1.165, 1.54) is 6.92 Å². The zero-order valence-electron chi connectivity index (χ0n) is 65.1. The van der Waals surface area contributed by atoms with Gasteiger partial charge in [-0.2, -0.15) is 0 Å². The summed E-state index contributed by atoms with van der Waals surface area (Å²) in [5.74, 6) is -2.09. The fraction of sp³-hybridized carbons (Fsp3) is 0.985. The Hall–Kier alpha value is -0.820. The third-order valence-corrected chi connectivity index (χ3v) is 22.7. The molecule has 113 heavy (non-hydrogen) atoms. The van der Waals surface area contributed by atoms with Gasteiger partial charge in [0.1, 0.15) is 48.8 Å². The highest BCUT2D eigenvalue weighted by molar-refractivity contribution is 7.48. The third kappa shape index (κ3) is 45.8. The number of amides is 1. The summed E-state index contributed by atoms with van der Waals surface area (Å²) < 4.78 is 178. The average Bonchev–Trinajstić information content (AvgIpc) is 0.819. The second-order valence-corrected chi connectivity index (χ2v) is 34.9. The van der Waals surface area contributed by atoms with Gasteiger partial charge in [-0.1, -0.05) is 52.4 Å². The molecule has 21 atom stereocenters. The Morgan fingerprint density at radius 3 is 0.965 bits per heavy atom. The number of carbonyl (C=O) groups excluding carboxylic acids is 1. The van der Waals surface area contributed by atoms with E-state index < -0.39 is 174 Å². The zero-order chi connectivity index (χ0) is 83.8. The van der Waals surface area contributed by atoms with Crippen LogP contribution in [0, 0.1) is 23.2 Å². The largest absolute Gasteiger partial charge is 0.472 e. The molecule has 0 saturated carbocycles. The molecule has 3 rings (SSSR count). The SMILES string of the molecule is COP(=O)(O)OCCCOCC(CO)COCCCOP(=O)(O)OCC(COCCCOP(=O)(O)OCCCCCCO[C@@H]1OC(CO)[C@H](O)[C@H](O)C1C)(COCCCOP(=O)(O)OCCCCCCO[C@@H]1OC(CO)[C@H](O)[C@H](O)C1C)COCCCOP(=O)(O)OCCCCCCO[C@@H]1OC(CO)[C@H](O)[C@H](O)C1NC(C)=O. The molecule has 3 aliphatic heterocycles. The van der Waals surface area contributed by atoms with Crippen molar-refractivity contribution in [1.29, 1.82) is 0 Å². The minimum absolute atomic E-state index is 0.000225. The number of hydrogen-bond donors (Lipinski definition) is 16. The van der Waals surface area contributed by atoms with Gasteiger partial charge in [-0.05, 0) is 70.6 Å². The van der Waals surface area contributed by atoms with E-state index in [2.05, 4.69) is 9.84 Å². The molecule has 0 aromatic rings. The molecule has 0 aliphatic carbocycles. The quantitative estimate of drug-likeness (QED) is 0.0304. The Kier molecular flexibility index (Phi) is 55.6. The van der Waals surface area contributed by atoms with Gasteiger partial charge in [0.05, 0.1) is 137 Å². The summed E-state index contributed by atoms with van der Waals surface area (Å²) in [7, 11) is -21.7. The van der Waals surface area contributed by atoms with E-state index in [0.29, 0.717) is 77.0 Å². The number of aliphatic hydroxyl groups excluding tert-OH is 10. The highest BCUT2D eigenvalue weighted by Crippen LogP contribution is 2.47. The molecule has 1 amide bonds. The van der Waals surface area contributed by atoms with Crippen LogP contribution < -0.4 is 5.32 Å². The first-order valence-corrected chi connectivity index (χ1v) is 45.7. The first-order chi connectivity index (χ1) is 53.7. The second-order valence-electron chi connectivity index (χ2n) is 27.5. The van der Waals surface area contributed by atoms with Crippen molar-refractivity contribution in [2.75, 3.05) is 179 Å². The van der Waals surface area contributed by atoms with Crippen LogP contribution in [0.5, 0.6) is 0 Å². The van der Waals surface area contributed by atoms with E-state index in [4.69, 9.17) is 92.8 Å². The maximum absolute atomic E-state index is 13.5. The Morgan fingerprint density at radius 1 is 0.363 bits per heavy atom. The van der Waals surface area contributed by atoms with Gasteiger partial charge in [0, 0.05) is 84.6 Å². The van der Waals surface area contributed by atoms with Crippen LogP contribution in [0.25, 0.3) is 0 Å². The standard InChI is InChI=1S/C65H130NO42P5/c1-48-56(72)58(74)52(39-68)106-62(48)94-27-11-5-8-14-30-98-110(80,81)101-35-19-24-91-44-65(47-105-113(86,87)104-34-18-23-90-43-51(38-67)42-89-22-17-33-97-109(78,79)88-4,45-92-25-20-36-102-111(82,83)99-31-15-9-6-12-28-95-63-49(2)57(73)59(75)53(40-69)107-63)46-93-26-21-37-103-112(84,85)100-32-16-10-7-13-29-96-64-55(66-50(3)71)61(77)60(76)54(41-70)108-64/h48-49,51-64,67-70,72-77H,5-47H2,1-4H3,(H,66,71)(H,78,79)(H,80,81)(H,82,83)(H,84,85)(H,86,87)/t48?,49?,51?,52?,53?,54?,55?,56-,57-,58+,59+,60+,61-,62-,63-,64-,65?/m1/s1. The van der Waals surface area contributed by atoms with E-state index >= 15 is 0 Å². The number of aliphatic hydroxyl groups is 10. The Morgan fingerprint density at radius 2 is 0.646 bits per heavy atom. The molecule has 0 aromatic heterocycles. The van der Waals surface area contributed by atoms with Crippen molar-refractivity contribution in [3.63, 3.8) is 0 Å². The highest BCUT2D eigenvalue weighted by Gasteiger charge is 2.47. The van der Waals surface area contributed by atoms with Gasteiger partial charge < -0.3 is 133 Å². The van der Waals surface area contributed by atoms with Gasteiger partial charge >= 0.3 is 39.1 Å². The minimum Gasteiger partial charge on any atom is -0.396 e. The Balaban J connectivity index is 1.61. The van der Waals surface area contributed by atoms with Crippen molar-refractivity contribution >= 4 is 45.0 Å². The predicted molar refractivity (Wildman–Crippen MR) is 392 cm³/mol. The van der Waals surface area contributed by atoms with Crippen LogP contribution in [-0.2, 0) is 125 Å². The van der Waals surface area contributed by atoms with Crippen LogP contribution >= 0.6 is 39.1 Å². The smallest absolute Gasteiger partial charge is 0.396 e. The number of hydrogen-bond acceptors (Lipinski definition) is 37. The number of phosphoric ester groups is 5. The lowest BCUT2D eigenvalue weighted by Crippen LogP contribution is -2.64. The Labute approximate surface area is 660 Å². The normalized spacial score (nSPS) is 27.9. The van der Waals surface area contributed by atoms with Crippen LogP contribution in [0.15, 0.2) is 0 Å². The van der Waals surface area contributed by atoms with Gasteiger partial charge in [0.25, 0.3) is 0 Å². The summed E-state index contributed by atoms with van der Waals surface area (Å²) >= 11 is 0. The van der Waals surface area contributed by atoms with Gasteiger partial charge in [-0.3, -0.25) is 50.0 Å². The maximum atomic E-state index is 13.5. The zero-order valence-corrected chi connectivity index (χ0v) is 69.6. The molecule has 43 nitrogen and oxygen atoms in total. The molecule has 672 valence electrons.